The summed E-state index contributed by atoms with van der Waals surface area (Å²) in [4.78, 5) is 0. The molecule has 0 aliphatic heterocycles. The Balaban J connectivity index is -0.000000153. The predicted molar refractivity (Wildman–Crippen MR) is 94.7 cm³/mol. The number of rotatable bonds is 4. The average molecular weight is 436 g/mol. The van der Waals surface area contributed by atoms with Crippen molar-refractivity contribution < 1.29 is 45.4 Å². The second-order valence-corrected chi connectivity index (χ2v) is 5.95. The van der Waals surface area contributed by atoms with Gasteiger partial charge in [-0.15, -0.1) is 0 Å². The molecule has 29 heavy (non-hydrogen) atoms. The predicted octanol–water partition coefficient (Wildman–Crippen LogP) is 4.36. The molecule has 0 saturated heterocycles. The first-order valence-electron chi connectivity index (χ1n) is 8.15. The van der Waals surface area contributed by atoms with E-state index in [0.717, 1.165) is 11.5 Å². The summed E-state index contributed by atoms with van der Waals surface area (Å²) in [6.07, 6.45) is 4.14. The zero-order chi connectivity index (χ0) is 23.0. The Morgan fingerprint density at radius 3 is 1.72 bits per heavy atom. The molecular formula is C22H24CrO6. The second kappa shape index (κ2) is 31.1. The van der Waals surface area contributed by atoms with Gasteiger partial charge in [0, 0.05) is 17.4 Å². The molecule has 0 heterocycles. The van der Waals surface area contributed by atoms with Gasteiger partial charge in [0.15, 0.2) is 6.61 Å². The topological polar surface area (TPSA) is 109 Å². The molecule has 2 radical (unpaired) electrons. The van der Waals surface area contributed by atoms with Crippen LogP contribution in [-0.4, -0.2) is 6.10 Å². The monoisotopic (exact) mass is 436 g/mol. The molecule has 1 fully saturated rings. The van der Waals surface area contributed by atoms with E-state index in [9.17, 15) is 0 Å². The third-order valence-electron chi connectivity index (χ3n) is 4.06. The average Bonchev–Trinajstić information content (AvgIpc) is 2.80. The van der Waals surface area contributed by atoms with E-state index in [1.165, 1.54) is 19.3 Å². The van der Waals surface area contributed by atoms with Gasteiger partial charge in [-0.1, -0.05) is 57.5 Å². The van der Waals surface area contributed by atoms with Gasteiger partial charge in [-0.05, 0) is 36.2 Å². The maximum atomic E-state index is 7.50. The zero-order valence-corrected chi connectivity index (χ0v) is 18.0. The van der Waals surface area contributed by atoms with Crippen LogP contribution in [0.1, 0.15) is 45.6 Å². The maximum absolute atomic E-state index is 7.50. The van der Waals surface area contributed by atoms with Crippen LogP contribution in [0.15, 0.2) is 30.3 Å². The molecular weight excluding hydrogens is 412 g/mol. The third kappa shape index (κ3) is 19.5. The van der Waals surface area contributed by atoms with Crippen molar-refractivity contribution in [1.29, 1.82) is 0 Å². The molecule has 0 amide bonds. The van der Waals surface area contributed by atoms with Crippen LogP contribution < -0.4 is 0 Å². The Morgan fingerprint density at radius 1 is 0.862 bits per heavy atom. The molecule has 1 aromatic carbocycles. The zero-order valence-electron chi connectivity index (χ0n) is 16.7. The fraction of sp³-hybridized carbons (Fsp3) is 0.455. The fourth-order valence-electron chi connectivity index (χ4n) is 2.90. The summed E-state index contributed by atoms with van der Waals surface area (Å²) in [5.74, 6) is 2.15. The Bertz CT molecular complexity index is 513. The third-order valence-corrected chi connectivity index (χ3v) is 4.06. The quantitative estimate of drug-likeness (QED) is 0.507. The minimum atomic E-state index is 0. The molecule has 0 bridgehead atoms. The molecule has 1 aliphatic carbocycles. The Morgan fingerprint density at radius 2 is 1.31 bits per heavy atom. The van der Waals surface area contributed by atoms with Gasteiger partial charge in [0.2, 0.25) is 0 Å². The van der Waals surface area contributed by atoms with E-state index < -0.39 is 0 Å². The molecule has 1 saturated carbocycles. The van der Waals surface area contributed by atoms with Crippen LogP contribution in [0.4, 0.5) is 0 Å². The van der Waals surface area contributed by atoms with E-state index in [4.69, 9.17) is 28.0 Å². The van der Waals surface area contributed by atoms with Crippen LogP contribution in [0.5, 0.6) is 0 Å². The summed E-state index contributed by atoms with van der Waals surface area (Å²) >= 11 is 0. The summed E-state index contributed by atoms with van der Waals surface area (Å²) in [7, 11) is 0. The van der Waals surface area contributed by atoms with E-state index in [2.05, 4.69) is 60.6 Å². The van der Waals surface area contributed by atoms with Crippen molar-refractivity contribution in [3.8, 4) is 0 Å². The van der Waals surface area contributed by atoms with Crippen molar-refractivity contribution in [2.75, 3.05) is 0 Å². The molecule has 2 rings (SSSR count). The SMILES string of the molecule is CC(C)[C@@H]1CC[C@@H](C)C[C@H]1O[C]c1ccccc1.[C-]#[O+].[C-]#[O+].[C-]#[O+].[C-]#[O+].[C-]#[O+].[Cr]. The van der Waals surface area contributed by atoms with E-state index in [1.807, 2.05) is 30.3 Å². The molecule has 154 valence electrons. The second-order valence-electron chi connectivity index (χ2n) is 5.95. The Hall–Kier alpha value is -1.59. The number of benzene rings is 1. The van der Waals surface area contributed by atoms with Crippen LogP contribution in [0.2, 0.25) is 0 Å². The van der Waals surface area contributed by atoms with Crippen LogP contribution >= 0.6 is 0 Å². The number of hydrogen-bond donors (Lipinski definition) is 0. The van der Waals surface area contributed by atoms with Crippen LogP contribution in [0.3, 0.4) is 0 Å². The molecule has 6 nitrogen and oxygen atoms in total. The van der Waals surface area contributed by atoms with Crippen molar-refractivity contribution >= 4 is 0 Å². The van der Waals surface area contributed by atoms with E-state index in [-0.39, 0.29) is 17.4 Å². The first kappa shape index (κ1) is 38.1. The molecule has 0 aromatic heterocycles. The van der Waals surface area contributed by atoms with Gasteiger partial charge in [-0.25, -0.2) is 0 Å². The van der Waals surface area contributed by atoms with Gasteiger partial charge in [-0.2, -0.15) is 0 Å². The molecule has 1 aromatic rings. The molecule has 7 heteroatoms. The van der Waals surface area contributed by atoms with Crippen LogP contribution in [0.25, 0.3) is 0 Å². The summed E-state index contributed by atoms with van der Waals surface area (Å²) in [6.45, 7) is 32.6. The van der Waals surface area contributed by atoms with Crippen molar-refractivity contribution in [3.63, 3.8) is 0 Å². The molecule has 0 N–H and O–H groups in total. The molecule has 0 spiro atoms. The molecule has 3 atom stereocenters. The first-order valence-corrected chi connectivity index (χ1v) is 8.15. The van der Waals surface area contributed by atoms with Crippen molar-refractivity contribution in [2.24, 2.45) is 17.8 Å². The van der Waals surface area contributed by atoms with Gasteiger partial charge in [0.05, 0.1) is 6.10 Å². The minimum absolute atomic E-state index is 0. The van der Waals surface area contributed by atoms with Crippen molar-refractivity contribution in [1.82, 2.24) is 0 Å². The van der Waals surface area contributed by atoms with Gasteiger partial charge in [0.25, 0.3) is 0 Å². The summed E-state index contributed by atoms with van der Waals surface area (Å²) in [5, 5.41) is 0. The van der Waals surface area contributed by atoms with E-state index in [0.29, 0.717) is 17.9 Å². The largest absolute Gasteiger partial charge is 0 e. The van der Waals surface area contributed by atoms with Gasteiger partial charge in [0.1, 0.15) is 0 Å². The van der Waals surface area contributed by atoms with E-state index in [1.54, 1.807) is 0 Å². The van der Waals surface area contributed by atoms with Gasteiger partial charge in [-0.3, -0.25) is 0 Å². The van der Waals surface area contributed by atoms with Crippen LogP contribution in [0, 0.1) is 57.6 Å². The first-order chi connectivity index (χ1) is 13.7. The summed E-state index contributed by atoms with van der Waals surface area (Å²) < 4.78 is 43.5. The molecule has 1 aliphatic rings. The molecule has 0 unspecified atom stereocenters. The Labute approximate surface area is 185 Å². The maximum Gasteiger partial charge on any atom is 0 e. The smallest absolute Gasteiger partial charge is 0 e. The number of ether oxygens (including phenoxy) is 1. The summed E-state index contributed by atoms with van der Waals surface area (Å²) in [6, 6.07) is 10.1. The fourth-order valence-corrected chi connectivity index (χ4v) is 2.90. The normalized spacial score (nSPS) is 18.1. The summed E-state index contributed by atoms with van der Waals surface area (Å²) in [5.41, 5.74) is 1.04. The Kier molecular flexibility index (Phi) is 40.9. The standard InChI is InChI=1S/C17H24O.5CO.Cr/c1-13(2)16-10-9-14(3)11-17(16)18-12-15-7-5-4-6-8-15;5*1-2;/h4-8,13-14,16-17H,9-11H2,1-3H3;;;;;;/t14-,16+,17-;;;;;;/m1....../s1. The minimum Gasteiger partial charge on any atom is 0 e. The van der Waals surface area contributed by atoms with Gasteiger partial charge >= 0.3 is 56.5 Å². The number of hydrogen-bond acceptors (Lipinski definition) is 1. The van der Waals surface area contributed by atoms with Crippen molar-refractivity contribution in [2.45, 2.75) is 46.1 Å². The van der Waals surface area contributed by atoms with E-state index >= 15 is 0 Å². The van der Waals surface area contributed by atoms with Crippen LogP contribution in [-0.2, 0) is 45.4 Å². The van der Waals surface area contributed by atoms with Gasteiger partial charge < -0.3 is 4.74 Å². The van der Waals surface area contributed by atoms with Crippen molar-refractivity contribution in [3.05, 3.63) is 75.8 Å².